The smallest absolute Gasteiger partial charge is 0.335 e. The fourth-order valence-corrected chi connectivity index (χ4v) is 3.32. The van der Waals surface area contributed by atoms with Gasteiger partial charge < -0.3 is 14.6 Å². The molecule has 0 unspecified atom stereocenters. The summed E-state index contributed by atoms with van der Waals surface area (Å²) < 4.78 is 1.64. The highest BCUT2D eigenvalue weighted by atomic mass is 35.5. The van der Waals surface area contributed by atoms with Crippen molar-refractivity contribution in [2.24, 2.45) is 0 Å². The summed E-state index contributed by atoms with van der Waals surface area (Å²) in [5.41, 5.74) is 0.622. The molecule has 1 saturated heterocycles. The number of benzene rings is 1. The molecule has 1 fully saturated rings. The molecule has 1 aromatic heterocycles. The molecule has 0 amide bonds. The van der Waals surface area contributed by atoms with E-state index in [1.54, 1.807) is 16.7 Å². The van der Waals surface area contributed by atoms with Gasteiger partial charge >= 0.3 is 5.97 Å². The number of likely N-dealkylation sites (tertiary alicyclic amines) is 1. The van der Waals surface area contributed by atoms with Crippen LogP contribution in [-0.4, -0.2) is 40.2 Å². The predicted octanol–water partition coefficient (Wildman–Crippen LogP) is 2.45. The minimum absolute atomic E-state index is 0.114. The molecule has 1 aliphatic heterocycles. The van der Waals surface area contributed by atoms with Crippen LogP contribution in [0.15, 0.2) is 29.1 Å². The van der Waals surface area contributed by atoms with E-state index in [0.717, 1.165) is 19.6 Å². The van der Waals surface area contributed by atoms with Gasteiger partial charge in [-0.3, -0.25) is 4.79 Å². The Bertz CT molecular complexity index is 779. The first-order chi connectivity index (χ1) is 10.6. The molecule has 22 heavy (non-hydrogen) atoms. The lowest BCUT2D eigenvalue weighted by atomic mass is 10.1. The van der Waals surface area contributed by atoms with Crippen LogP contribution in [0.4, 0.5) is 0 Å². The number of pyridine rings is 1. The van der Waals surface area contributed by atoms with Gasteiger partial charge in [0.1, 0.15) is 0 Å². The lowest BCUT2D eigenvalue weighted by molar-refractivity contribution is 0.0697. The van der Waals surface area contributed by atoms with Crippen molar-refractivity contribution >= 4 is 28.5 Å². The Balaban J connectivity index is 2.02. The summed E-state index contributed by atoms with van der Waals surface area (Å²) in [5.74, 6) is -1.03. The first-order valence-corrected chi connectivity index (χ1v) is 7.73. The maximum absolute atomic E-state index is 12.2. The molecule has 6 heteroatoms. The van der Waals surface area contributed by atoms with Crippen molar-refractivity contribution in [2.45, 2.75) is 19.4 Å². The molecule has 0 saturated carbocycles. The standard InChI is InChI=1S/C16H17ClN2O3/c17-13-10-12(16(21)22)9-11-3-4-14(20)19(15(11)13)8-7-18-5-1-2-6-18/h3-4,9-10H,1-2,5-8H2,(H,21,22). The van der Waals surface area contributed by atoms with E-state index in [2.05, 4.69) is 4.90 Å². The van der Waals surface area contributed by atoms with Crippen LogP contribution in [0.2, 0.25) is 5.02 Å². The molecule has 2 aromatic rings. The van der Waals surface area contributed by atoms with Crippen LogP contribution in [0, 0.1) is 0 Å². The third kappa shape index (κ3) is 2.87. The average Bonchev–Trinajstić information content (AvgIpc) is 2.99. The molecular weight excluding hydrogens is 304 g/mol. The van der Waals surface area contributed by atoms with Crippen LogP contribution < -0.4 is 5.56 Å². The molecule has 0 bridgehead atoms. The summed E-state index contributed by atoms with van der Waals surface area (Å²) >= 11 is 6.24. The number of nitrogens with zero attached hydrogens (tertiary/aromatic N) is 2. The maximum atomic E-state index is 12.2. The van der Waals surface area contributed by atoms with E-state index in [0.29, 0.717) is 22.5 Å². The van der Waals surface area contributed by atoms with Gasteiger partial charge in [-0.25, -0.2) is 4.79 Å². The monoisotopic (exact) mass is 320 g/mol. The molecule has 1 aliphatic rings. The summed E-state index contributed by atoms with van der Waals surface area (Å²) in [7, 11) is 0. The number of halogens is 1. The van der Waals surface area contributed by atoms with Gasteiger partial charge in [-0.2, -0.15) is 0 Å². The first-order valence-electron chi connectivity index (χ1n) is 7.35. The highest BCUT2D eigenvalue weighted by Gasteiger charge is 2.15. The largest absolute Gasteiger partial charge is 0.478 e. The van der Waals surface area contributed by atoms with Crippen LogP contribution in [0.3, 0.4) is 0 Å². The second kappa shape index (κ2) is 6.10. The zero-order valence-electron chi connectivity index (χ0n) is 12.1. The summed E-state index contributed by atoms with van der Waals surface area (Å²) in [5, 5.41) is 10.1. The fourth-order valence-electron chi connectivity index (χ4n) is 2.99. The third-order valence-electron chi connectivity index (χ3n) is 4.12. The number of carbonyl (C=O) groups is 1. The number of hydrogen-bond acceptors (Lipinski definition) is 3. The lowest BCUT2D eigenvalue weighted by Crippen LogP contribution is -2.29. The van der Waals surface area contributed by atoms with E-state index in [1.807, 2.05) is 0 Å². The molecule has 0 aliphatic carbocycles. The normalized spacial score (nSPS) is 15.5. The fraction of sp³-hybridized carbons (Fsp3) is 0.375. The molecule has 0 radical (unpaired) electrons. The van der Waals surface area contributed by atoms with Gasteiger partial charge in [0.25, 0.3) is 5.56 Å². The Hall–Kier alpha value is -1.85. The van der Waals surface area contributed by atoms with Crippen LogP contribution in [0.5, 0.6) is 0 Å². The molecule has 2 heterocycles. The van der Waals surface area contributed by atoms with Crippen LogP contribution >= 0.6 is 11.6 Å². The zero-order chi connectivity index (χ0) is 15.7. The van der Waals surface area contributed by atoms with Crippen LogP contribution in [0.1, 0.15) is 23.2 Å². The van der Waals surface area contributed by atoms with E-state index in [9.17, 15) is 9.59 Å². The summed E-state index contributed by atoms with van der Waals surface area (Å²) in [4.78, 5) is 25.6. The third-order valence-corrected chi connectivity index (χ3v) is 4.41. The number of rotatable bonds is 4. The van der Waals surface area contributed by atoms with E-state index in [1.165, 1.54) is 25.0 Å². The summed E-state index contributed by atoms with van der Waals surface area (Å²) in [6.45, 7) is 3.49. The van der Waals surface area contributed by atoms with Crippen molar-refractivity contribution in [3.05, 3.63) is 45.2 Å². The van der Waals surface area contributed by atoms with Crippen LogP contribution in [-0.2, 0) is 6.54 Å². The number of carboxylic acids is 1. The zero-order valence-corrected chi connectivity index (χ0v) is 12.8. The second-order valence-electron chi connectivity index (χ2n) is 5.57. The lowest BCUT2D eigenvalue weighted by Gasteiger charge is -2.17. The van der Waals surface area contributed by atoms with E-state index in [-0.39, 0.29) is 11.1 Å². The molecular formula is C16H17ClN2O3. The molecule has 3 rings (SSSR count). The Morgan fingerprint density at radius 2 is 1.91 bits per heavy atom. The predicted molar refractivity (Wildman–Crippen MR) is 85.9 cm³/mol. The van der Waals surface area contributed by atoms with Crippen molar-refractivity contribution in [1.29, 1.82) is 0 Å². The highest BCUT2D eigenvalue weighted by Crippen LogP contribution is 2.24. The minimum Gasteiger partial charge on any atom is -0.478 e. The topological polar surface area (TPSA) is 62.5 Å². The minimum atomic E-state index is -1.03. The highest BCUT2D eigenvalue weighted by molar-refractivity contribution is 6.35. The SMILES string of the molecule is O=C(O)c1cc(Cl)c2c(ccc(=O)n2CCN2CCCC2)c1. The second-order valence-corrected chi connectivity index (χ2v) is 5.98. The Kier molecular flexibility index (Phi) is 4.18. The molecule has 1 N–H and O–H groups in total. The average molecular weight is 321 g/mol. The number of fused-ring (bicyclic) bond motifs is 1. The number of aromatic carboxylic acids is 1. The number of carboxylic acid groups (broad SMARTS) is 1. The first kappa shape index (κ1) is 15.1. The summed E-state index contributed by atoms with van der Waals surface area (Å²) in [6, 6.07) is 6.05. The molecule has 116 valence electrons. The molecule has 0 spiro atoms. The quantitative estimate of drug-likeness (QED) is 0.940. The van der Waals surface area contributed by atoms with Gasteiger partial charge in [0.15, 0.2) is 0 Å². The van der Waals surface area contributed by atoms with Crippen LogP contribution in [0.25, 0.3) is 10.9 Å². The number of hydrogen-bond donors (Lipinski definition) is 1. The van der Waals surface area contributed by atoms with Gasteiger partial charge in [0.05, 0.1) is 16.1 Å². The Morgan fingerprint density at radius 1 is 1.18 bits per heavy atom. The maximum Gasteiger partial charge on any atom is 0.335 e. The van der Waals surface area contributed by atoms with Crippen molar-refractivity contribution in [3.8, 4) is 0 Å². The summed E-state index contributed by atoms with van der Waals surface area (Å²) in [6.07, 6.45) is 2.40. The van der Waals surface area contributed by atoms with Crippen molar-refractivity contribution < 1.29 is 9.90 Å². The molecule has 0 atom stereocenters. The van der Waals surface area contributed by atoms with Crippen molar-refractivity contribution in [3.63, 3.8) is 0 Å². The Morgan fingerprint density at radius 3 is 2.59 bits per heavy atom. The van der Waals surface area contributed by atoms with Gasteiger partial charge in [-0.15, -0.1) is 0 Å². The van der Waals surface area contributed by atoms with E-state index in [4.69, 9.17) is 16.7 Å². The van der Waals surface area contributed by atoms with Crippen molar-refractivity contribution in [2.75, 3.05) is 19.6 Å². The van der Waals surface area contributed by atoms with Gasteiger partial charge in [0, 0.05) is 24.5 Å². The molecule has 1 aromatic carbocycles. The van der Waals surface area contributed by atoms with E-state index < -0.39 is 5.97 Å². The van der Waals surface area contributed by atoms with Crippen molar-refractivity contribution in [1.82, 2.24) is 9.47 Å². The van der Waals surface area contributed by atoms with Gasteiger partial charge in [-0.05, 0) is 44.1 Å². The van der Waals surface area contributed by atoms with E-state index >= 15 is 0 Å². The Labute approximate surface area is 132 Å². The van der Waals surface area contributed by atoms with Gasteiger partial charge in [-0.1, -0.05) is 11.6 Å². The van der Waals surface area contributed by atoms with Gasteiger partial charge in [0.2, 0.25) is 0 Å². The number of aromatic nitrogens is 1. The molecule has 5 nitrogen and oxygen atoms in total.